The smallest absolute Gasteiger partial charge is 0.148 e. The molecule has 0 bridgehead atoms. The molecule has 0 aliphatic carbocycles. The number of hydrogen-bond acceptors (Lipinski definition) is 4. The Morgan fingerprint density at radius 2 is 2.11 bits per heavy atom. The molecule has 0 heterocycles. The minimum atomic E-state index is -3.10. The molecule has 1 rings (SSSR count). The van der Waals surface area contributed by atoms with Gasteiger partial charge in [0.15, 0.2) is 0 Å². The molecule has 0 spiro atoms. The Kier molecular flexibility index (Phi) is 5.32. The summed E-state index contributed by atoms with van der Waals surface area (Å²) in [6.45, 7) is 0. The van der Waals surface area contributed by atoms with Crippen LogP contribution in [0, 0.1) is 11.3 Å². The van der Waals surface area contributed by atoms with Gasteiger partial charge in [-0.05, 0) is 17.7 Å². The number of sulfone groups is 1. The molecule has 4 nitrogen and oxygen atoms in total. The molecule has 98 valence electrons. The zero-order valence-corrected chi connectivity index (χ0v) is 12.1. The molecule has 1 unspecified atom stereocenters. The van der Waals surface area contributed by atoms with Gasteiger partial charge in [-0.1, -0.05) is 17.7 Å². The Morgan fingerprint density at radius 3 is 2.61 bits per heavy atom. The molecule has 0 aromatic heterocycles. The van der Waals surface area contributed by atoms with Gasteiger partial charge in [0, 0.05) is 27.8 Å². The van der Waals surface area contributed by atoms with Crippen molar-refractivity contribution >= 4 is 32.2 Å². The number of rotatable bonds is 5. The third-order valence-corrected chi connectivity index (χ3v) is 5.03. The molecule has 1 aromatic rings. The predicted octanol–water partition coefficient (Wildman–Crippen LogP) is 1.50. The van der Waals surface area contributed by atoms with Crippen molar-refractivity contribution in [2.45, 2.75) is 5.75 Å². The first-order valence-electron chi connectivity index (χ1n) is 5.03. The van der Waals surface area contributed by atoms with Crippen molar-refractivity contribution in [1.82, 2.24) is 0 Å². The number of nitriles is 1. The summed E-state index contributed by atoms with van der Waals surface area (Å²) in [6.07, 6.45) is 1.11. The van der Waals surface area contributed by atoms with Crippen LogP contribution in [-0.2, 0) is 26.4 Å². The minimum absolute atomic E-state index is 0.0924. The summed E-state index contributed by atoms with van der Waals surface area (Å²) in [5, 5.41) is 9.05. The summed E-state index contributed by atoms with van der Waals surface area (Å²) in [7, 11) is -4.38. The SMILES string of the molecule is CS(=O)(=O)CCS(=O)Cc1ccc(C#N)cc1Cl. The summed E-state index contributed by atoms with van der Waals surface area (Å²) < 4.78 is 33.6. The van der Waals surface area contributed by atoms with Gasteiger partial charge in [0.2, 0.25) is 0 Å². The molecule has 0 saturated heterocycles. The fraction of sp³-hybridized carbons (Fsp3) is 0.364. The normalized spacial score (nSPS) is 12.9. The van der Waals surface area contributed by atoms with Gasteiger partial charge in [-0.25, -0.2) is 8.42 Å². The van der Waals surface area contributed by atoms with E-state index in [4.69, 9.17) is 16.9 Å². The van der Waals surface area contributed by atoms with Gasteiger partial charge in [-0.2, -0.15) is 5.26 Å². The fourth-order valence-electron chi connectivity index (χ4n) is 1.22. The van der Waals surface area contributed by atoms with E-state index < -0.39 is 20.6 Å². The number of benzene rings is 1. The van der Waals surface area contributed by atoms with E-state index in [0.29, 0.717) is 16.1 Å². The van der Waals surface area contributed by atoms with E-state index in [1.807, 2.05) is 6.07 Å². The van der Waals surface area contributed by atoms with Crippen molar-refractivity contribution in [1.29, 1.82) is 5.26 Å². The van der Waals surface area contributed by atoms with Gasteiger partial charge in [0.1, 0.15) is 9.84 Å². The number of halogens is 1. The average molecular weight is 306 g/mol. The maximum atomic E-state index is 11.7. The fourth-order valence-corrected chi connectivity index (χ4v) is 4.25. The summed E-state index contributed by atoms with van der Waals surface area (Å²) in [5.41, 5.74) is 1.09. The third-order valence-electron chi connectivity index (χ3n) is 2.18. The second-order valence-corrected chi connectivity index (χ2v) is 8.08. The second-order valence-electron chi connectivity index (χ2n) is 3.84. The zero-order chi connectivity index (χ0) is 13.8. The standard InChI is InChI=1S/C11H12ClNO3S2/c1-18(15,16)5-4-17(14)8-10-3-2-9(7-13)6-11(10)12/h2-3,6H,4-5,8H2,1H3. The molecule has 1 aromatic carbocycles. The summed E-state index contributed by atoms with van der Waals surface area (Å²) in [5.74, 6) is 0.183. The number of nitrogens with zero attached hydrogens (tertiary/aromatic N) is 1. The highest BCUT2D eigenvalue weighted by atomic mass is 35.5. The lowest BCUT2D eigenvalue weighted by molar-refractivity contribution is 0.602. The minimum Gasteiger partial charge on any atom is -0.259 e. The van der Waals surface area contributed by atoms with Crippen LogP contribution in [0.4, 0.5) is 0 Å². The largest absolute Gasteiger partial charge is 0.259 e. The van der Waals surface area contributed by atoms with Crippen molar-refractivity contribution in [2.24, 2.45) is 0 Å². The summed E-state index contributed by atoms with van der Waals surface area (Å²) >= 11 is 5.94. The van der Waals surface area contributed by atoms with Crippen molar-refractivity contribution in [3.8, 4) is 6.07 Å². The summed E-state index contributed by atoms with van der Waals surface area (Å²) in [6, 6.07) is 6.69. The molecule has 0 radical (unpaired) electrons. The predicted molar refractivity (Wildman–Crippen MR) is 72.6 cm³/mol. The van der Waals surface area contributed by atoms with Gasteiger partial charge in [-0.15, -0.1) is 0 Å². The molecule has 0 amide bonds. The van der Waals surface area contributed by atoms with Crippen LogP contribution in [0.1, 0.15) is 11.1 Å². The van der Waals surface area contributed by atoms with Gasteiger partial charge in [0.05, 0.1) is 23.1 Å². The van der Waals surface area contributed by atoms with Gasteiger partial charge in [0.25, 0.3) is 0 Å². The maximum absolute atomic E-state index is 11.7. The van der Waals surface area contributed by atoms with Crippen LogP contribution in [-0.4, -0.2) is 30.4 Å². The maximum Gasteiger partial charge on any atom is 0.148 e. The molecular formula is C11H12ClNO3S2. The zero-order valence-electron chi connectivity index (χ0n) is 9.72. The molecule has 0 aliphatic heterocycles. The Morgan fingerprint density at radius 1 is 1.44 bits per heavy atom. The first-order chi connectivity index (χ1) is 8.31. The molecule has 0 aliphatic rings. The summed E-state index contributed by atoms with van der Waals surface area (Å²) in [4.78, 5) is 0. The molecular weight excluding hydrogens is 294 g/mol. The van der Waals surface area contributed by atoms with E-state index in [2.05, 4.69) is 0 Å². The highest BCUT2D eigenvalue weighted by Crippen LogP contribution is 2.19. The van der Waals surface area contributed by atoms with E-state index in [0.717, 1.165) is 6.26 Å². The van der Waals surface area contributed by atoms with Crippen LogP contribution in [0.25, 0.3) is 0 Å². The molecule has 1 atom stereocenters. The molecule has 0 saturated carbocycles. The Bertz CT molecular complexity index is 605. The Balaban J connectivity index is 2.68. The van der Waals surface area contributed by atoms with Crippen LogP contribution >= 0.6 is 11.6 Å². The van der Waals surface area contributed by atoms with Crippen LogP contribution in [0.5, 0.6) is 0 Å². The molecule has 0 fully saturated rings. The third kappa shape index (κ3) is 5.17. The lowest BCUT2D eigenvalue weighted by Gasteiger charge is -2.04. The van der Waals surface area contributed by atoms with Crippen LogP contribution in [0.15, 0.2) is 18.2 Å². The quantitative estimate of drug-likeness (QED) is 0.826. The Labute approximate surface area is 114 Å². The molecule has 18 heavy (non-hydrogen) atoms. The van der Waals surface area contributed by atoms with Crippen LogP contribution < -0.4 is 0 Å². The van der Waals surface area contributed by atoms with Crippen molar-refractivity contribution in [2.75, 3.05) is 17.8 Å². The van der Waals surface area contributed by atoms with Gasteiger partial charge in [-0.3, -0.25) is 4.21 Å². The molecule has 0 N–H and O–H groups in total. The average Bonchev–Trinajstić information content (AvgIpc) is 2.28. The lowest BCUT2D eigenvalue weighted by atomic mass is 10.2. The highest BCUT2D eigenvalue weighted by Gasteiger charge is 2.10. The first kappa shape index (κ1) is 15.2. The topological polar surface area (TPSA) is 75.0 Å². The van der Waals surface area contributed by atoms with Crippen molar-refractivity contribution in [3.63, 3.8) is 0 Å². The van der Waals surface area contributed by atoms with Crippen molar-refractivity contribution in [3.05, 3.63) is 34.3 Å². The Hall–Kier alpha value is -0.900. The van der Waals surface area contributed by atoms with Crippen LogP contribution in [0.2, 0.25) is 5.02 Å². The van der Waals surface area contributed by atoms with E-state index in [1.54, 1.807) is 12.1 Å². The van der Waals surface area contributed by atoms with Gasteiger partial charge >= 0.3 is 0 Å². The van der Waals surface area contributed by atoms with Crippen LogP contribution in [0.3, 0.4) is 0 Å². The first-order valence-corrected chi connectivity index (χ1v) is 8.95. The second kappa shape index (κ2) is 6.32. The lowest BCUT2D eigenvalue weighted by Crippen LogP contribution is -2.12. The van der Waals surface area contributed by atoms with Crippen molar-refractivity contribution < 1.29 is 12.6 Å². The monoisotopic (exact) mass is 305 g/mol. The molecule has 7 heteroatoms. The van der Waals surface area contributed by atoms with E-state index in [-0.39, 0.29) is 17.3 Å². The van der Waals surface area contributed by atoms with E-state index in [9.17, 15) is 12.6 Å². The van der Waals surface area contributed by atoms with E-state index in [1.165, 1.54) is 6.07 Å². The van der Waals surface area contributed by atoms with Gasteiger partial charge < -0.3 is 0 Å². The van der Waals surface area contributed by atoms with E-state index >= 15 is 0 Å². The highest BCUT2D eigenvalue weighted by molar-refractivity contribution is 7.92. The number of hydrogen-bond donors (Lipinski definition) is 0.